The number of H-pyrrole nitrogens is 1. The first-order valence-electron chi connectivity index (χ1n) is 6.79. The second-order valence-corrected chi connectivity index (χ2v) is 5.02. The van der Waals surface area contributed by atoms with Crippen molar-refractivity contribution in [3.63, 3.8) is 0 Å². The lowest BCUT2D eigenvalue weighted by molar-refractivity contribution is 0.0404. The van der Waals surface area contributed by atoms with Gasteiger partial charge in [0.25, 0.3) is 5.91 Å². The zero-order valence-electron chi connectivity index (χ0n) is 11.6. The van der Waals surface area contributed by atoms with Crippen molar-refractivity contribution in [2.75, 3.05) is 39.3 Å². The highest BCUT2D eigenvalue weighted by Crippen LogP contribution is 2.06. The Kier molecular flexibility index (Phi) is 4.93. The fourth-order valence-corrected chi connectivity index (χ4v) is 2.14. The number of piperazine rings is 1. The van der Waals surface area contributed by atoms with Crippen LogP contribution in [0.4, 0.5) is 0 Å². The van der Waals surface area contributed by atoms with E-state index in [4.69, 9.17) is 4.74 Å². The van der Waals surface area contributed by atoms with Crippen LogP contribution in [0.25, 0.3) is 0 Å². The van der Waals surface area contributed by atoms with Crippen LogP contribution in [0.2, 0.25) is 0 Å². The Hall–Kier alpha value is -1.40. The van der Waals surface area contributed by atoms with E-state index >= 15 is 0 Å². The molecule has 0 unspecified atom stereocenters. The fourth-order valence-electron chi connectivity index (χ4n) is 2.14. The first kappa shape index (κ1) is 14.0. The number of nitrogens with one attached hydrogen (secondary N) is 1. The summed E-state index contributed by atoms with van der Waals surface area (Å²) in [7, 11) is 0. The van der Waals surface area contributed by atoms with Gasteiger partial charge in [0.15, 0.2) is 0 Å². The largest absolute Gasteiger partial charge is 0.377 e. The van der Waals surface area contributed by atoms with Crippen LogP contribution < -0.4 is 0 Å². The molecular formula is C13H22N4O2. The third kappa shape index (κ3) is 4.04. The van der Waals surface area contributed by atoms with Gasteiger partial charge in [-0.2, -0.15) is 5.10 Å². The molecule has 1 fully saturated rings. The molecule has 6 nitrogen and oxygen atoms in total. The lowest BCUT2D eigenvalue weighted by Crippen LogP contribution is -2.49. The molecule has 1 N–H and O–H groups in total. The summed E-state index contributed by atoms with van der Waals surface area (Å²) in [6, 6.07) is 1.71. The Morgan fingerprint density at radius 3 is 2.74 bits per heavy atom. The molecule has 106 valence electrons. The first-order valence-corrected chi connectivity index (χ1v) is 6.79. The number of ether oxygens (including phenoxy) is 1. The van der Waals surface area contributed by atoms with Gasteiger partial charge in [-0.05, 0) is 19.9 Å². The maximum absolute atomic E-state index is 12.1. The number of hydrogen-bond donors (Lipinski definition) is 1. The van der Waals surface area contributed by atoms with E-state index in [1.807, 2.05) is 18.7 Å². The van der Waals surface area contributed by atoms with Crippen molar-refractivity contribution in [1.29, 1.82) is 0 Å². The zero-order valence-corrected chi connectivity index (χ0v) is 11.6. The van der Waals surface area contributed by atoms with Crippen molar-refractivity contribution in [2.24, 2.45) is 0 Å². The highest BCUT2D eigenvalue weighted by Gasteiger charge is 2.22. The Bertz CT molecular complexity index is 383. The number of rotatable bonds is 5. The second kappa shape index (κ2) is 6.68. The van der Waals surface area contributed by atoms with Crippen molar-refractivity contribution < 1.29 is 9.53 Å². The highest BCUT2D eigenvalue weighted by atomic mass is 16.5. The van der Waals surface area contributed by atoms with E-state index in [0.717, 1.165) is 39.3 Å². The normalized spacial score (nSPS) is 17.1. The standard InChI is InChI=1S/C13H22N4O2/c1-11(2)19-10-9-16-5-7-17(8-6-16)13(18)12-3-4-14-15-12/h3-4,11H,5-10H2,1-2H3,(H,14,15). The molecule has 0 spiro atoms. The van der Waals surface area contributed by atoms with Gasteiger partial charge >= 0.3 is 0 Å². The van der Waals surface area contributed by atoms with Gasteiger partial charge in [-0.3, -0.25) is 14.8 Å². The number of hydrogen-bond acceptors (Lipinski definition) is 4. The van der Waals surface area contributed by atoms with Gasteiger partial charge in [-0.25, -0.2) is 0 Å². The topological polar surface area (TPSA) is 61.5 Å². The predicted octanol–water partition coefficient (Wildman–Crippen LogP) is 0.592. The molecule has 1 aromatic rings. The van der Waals surface area contributed by atoms with Gasteiger partial charge in [0.2, 0.25) is 0 Å². The van der Waals surface area contributed by atoms with Crippen molar-refractivity contribution >= 4 is 5.91 Å². The first-order chi connectivity index (χ1) is 9.16. The summed E-state index contributed by atoms with van der Waals surface area (Å²) < 4.78 is 5.54. The van der Waals surface area contributed by atoms with E-state index in [1.54, 1.807) is 12.3 Å². The minimum absolute atomic E-state index is 0.0376. The smallest absolute Gasteiger partial charge is 0.271 e. The van der Waals surface area contributed by atoms with Crippen LogP contribution >= 0.6 is 0 Å². The van der Waals surface area contributed by atoms with Gasteiger partial charge in [-0.1, -0.05) is 0 Å². The molecule has 1 saturated heterocycles. The number of nitrogens with zero attached hydrogens (tertiary/aromatic N) is 3. The maximum Gasteiger partial charge on any atom is 0.271 e. The SMILES string of the molecule is CC(C)OCCN1CCN(C(=O)c2ccn[nH]2)CC1. The number of carbonyl (C=O) groups excluding carboxylic acids is 1. The van der Waals surface area contributed by atoms with E-state index in [1.165, 1.54) is 0 Å². The van der Waals surface area contributed by atoms with Crippen molar-refractivity contribution in [3.05, 3.63) is 18.0 Å². The molecular weight excluding hydrogens is 244 g/mol. The Morgan fingerprint density at radius 2 is 2.16 bits per heavy atom. The molecule has 1 aromatic heterocycles. The average Bonchev–Trinajstić information content (AvgIpc) is 2.92. The molecule has 1 aliphatic rings. The quantitative estimate of drug-likeness (QED) is 0.847. The number of aromatic nitrogens is 2. The molecule has 1 aliphatic heterocycles. The summed E-state index contributed by atoms with van der Waals surface area (Å²) in [5, 5.41) is 6.53. The van der Waals surface area contributed by atoms with Crippen molar-refractivity contribution in [3.8, 4) is 0 Å². The summed E-state index contributed by atoms with van der Waals surface area (Å²) in [4.78, 5) is 16.3. The molecule has 0 atom stereocenters. The van der Waals surface area contributed by atoms with Crippen LogP contribution in [-0.2, 0) is 4.74 Å². The Morgan fingerprint density at radius 1 is 1.42 bits per heavy atom. The lowest BCUT2D eigenvalue weighted by atomic mass is 10.3. The molecule has 0 aliphatic carbocycles. The minimum Gasteiger partial charge on any atom is -0.377 e. The van der Waals surface area contributed by atoms with Crippen LogP contribution in [-0.4, -0.2) is 71.3 Å². The van der Waals surface area contributed by atoms with E-state index < -0.39 is 0 Å². The summed E-state index contributed by atoms with van der Waals surface area (Å²) in [5.41, 5.74) is 0.566. The third-order valence-electron chi connectivity index (χ3n) is 3.25. The lowest BCUT2D eigenvalue weighted by Gasteiger charge is -2.34. The van der Waals surface area contributed by atoms with Crippen LogP contribution in [0.3, 0.4) is 0 Å². The predicted molar refractivity (Wildman–Crippen MR) is 72.0 cm³/mol. The van der Waals surface area contributed by atoms with E-state index in [9.17, 15) is 4.79 Å². The van der Waals surface area contributed by atoms with Crippen molar-refractivity contribution in [1.82, 2.24) is 20.0 Å². The Balaban J connectivity index is 1.72. The highest BCUT2D eigenvalue weighted by molar-refractivity contribution is 5.92. The van der Waals surface area contributed by atoms with Crippen LogP contribution in [0.1, 0.15) is 24.3 Å². The number of aromatic amines is 1. The van der Waals surface area contributed by atoms with E-state index in [2.05, 4.69) is 15.1 Å². The Labute approximate surface area is 113 Å². The summed E-state index contributed by atoms with van der Waals surface area (Å²) in [5.74, 6) is 0.0376. The van der Waals surface area contributed by atoms with Crippen LogP contribution in [0.15, 0.2) is 12.3 Å². The van der Waals surface area contributed by atoms with Crippen LogP contribution in [0.5, 0.6) is 0 Å². The third-order valence-corrected chi connectivity index (χ3v) is 3.25. The monoisotopic (exact) mass is 266 g/mol. The molecule has 2 heterocycles. The molecule has 0 radical (unpaired) electrons. The van der Waals surface area contributed by atoms with E-state index in [-0.39, 0.29) is 12.0 Å². The van der Waals surface area contributed by atoms with Gasteiger partial charge < -0.3 is 9.64 Å². The fraction of sp³-hybridized carbons (Fsp3) is 0.692. The van der Waals surface area contributed by atoms with Gasteiger partial charge in [-0.15, -0.1) is 0 Å². The van der Waals surface area contributed by atoms with Crippen molar-refractivity contribution in [2.45, 2.75) is 20.0 Å². The molecule has 1 amide bonds. The molecule has 19 heavy (non-hydrogen) atoms. The average molecular weight is 266 g/mol. The summed E-state index contributed by atoms with van der Waals surface area (Å²) in [6.45, 7) is 9.11. The maximum atomic E-state index is 12.1. The van der Waals surface area contributed by atoms with E-state index in [0.29, 0.717) is 5.69 Å². The summed E-state index contributed by atoms with van der Waals surface area (Å²) in [6.07, 6.45) is 1.88. The molecule has 0 saturated carbocycles. The number of carbonyl (C=O) groups is 1. The van der Waals surface area contributed by atoms with Gasteiger partial charge in [0.1, 0.15) is 5.69 Å². The van der Waals surface area contributed by atoms with Gasteiger partial charge in [0, 0.05) is 38.9 Å². The molecule has 6 heteroatoms. The summed E-state index contributed by atoms with van der Waals surface area (Å²) >= 11 is 0. The second-order valence-electron chi connectivity index (χ2n) is 5.02. The molecule has 0 bridgehead atoms. The molecule has 2 rings (SSSR count). The minimum atomic E-state index is 0.0376. The molecule has 0 aromatic carbocycles. The zero-order chi connectivity index (χ0) is 13.7. The van der Waals surface area contributed by atoms with Crippen LogP contribution in [0, 0.1) is 0 Å². The number of amides is 1. The van der Waals surface area contributed by atoms with Gasteiger partial charge in [0.05, 0.1) is 12.7 Å².